The minimum Gasteiger partial charge on any atom is -0.490 e. The molecule has 5 heteroatoms. The van der Waals surface area contributed by atoms with Crippen LogP contribution in [-0.4, -0.2) is 37.6 Å². The zero-order chi connectivity index (χ0) is 17.4. The van der Waals surface area contributed by atoms with Crippen molar-refractivity contribution in [2.75, 3.05) is 19.8 Å². The Bertz CT molecular complexity index is 672. The minimum absolute atomic E-state index is 0.104. The maximum absolute atomic E-state index is 12.4. The first-order valence-electron chi connectivity index (χ1n) is 9.31. The Labute approximate surface area is 148 Å². The average Bonchev–Trinajstić information content (AvgIpc) is 3.50. The van der Waals surface area contributed by atoms with Crippen LogP contribution in [0.25, 0.3) is 0 Å². The van der Waals surface area contributed by atoms with E-state index in [1.807, 2.05) is 0 Å². The quantitative estimate of drug-likeness (QED) is 0.582. The van der Waals surface area contributed by atoms with Crippen LogP contribution >= 0.6 is 0 Å². The van der Waals surface area contributed by atoms with Crippen molar-refractivity contribution in [3.8, 4) is 5.75 Å². The number of carbonyl (C=O) groups is 2. The molecular weight excluding hydrogens is 318 g/mol. The number of benzene rings is 1. The van der Waals surface area contributed by atoms with Crippen LogP contribution in [0, 0.1) is 17.8 Å². The molecular formula is C20H25NO4. The number of epoxide rings is 1. The molecule has 3 aliphatic rings. The second kappa shape index (κ2) is 6.79. The van der Waals surface area contributed by atoms with Gasteiger partial charge in [-0.3, -0.25) is 9.59 Å². The molecule has 3 unspecified atom stereocenters. The van der Waals surface area contributed by atoms with Gasteiger partial charge in [-0.25, -0.2) is 0 Å². The molecule has 1 aromatic carbocycles. The molecule has 2 aliphatic carbocycles. The van der Waals surface area contributed by atoms with Crippen LogP contribution in [0.1, 0.15) is 53.3 Å². The van der Waals surface area contributed by atoms with Crippen molar-refractivity contribution in [1.82, 2.24) is 5.32 Å². The van der Waals surface area contributed by atoms with Gasteiger partial charge in [0.05, 0.1) is 12.2 Å². The number of carbonyl (C=O) groups excluding carboxylic acids is 2. The van der Waals surface area contributed by atoms with Gasteiger partial charge in [-0.2, -0.15) is 0 Å². The van der Waals surface area contributed by atoms with E-state index in [4.69, 9.17) is 9.47 Å². The van der Waals surface area contributed by atoms with E-state index < -0.39 is 0 Å². The lowest BCUT2D eigenvalue weighted by molar-refractivity contribution is 0.0952. The summed E-state index contributed by atoms with van der Waals surface area (Å²) in [6, 6.07) is 5.06. The Morgan fingerprint density at radius 3 is 2.72 bits per heavy atom. The number of ketones is 1. The van der Waals surface area contributed by atoms with Crippen molar-refractivity contribution in [3.63, 3.8) is 0 Å². The van der Waals surface area contributed by atoms with Crippen molar-refractivity contribution >= 4 is 11.7 Å². The van der Waals surface area contributed by atoms with Gasteiger partial charge < -0.3 is 14.8 Å². The van der Waals surface area contributed by atoms with E-state index in [0.29, 0.717) is 36.6 Å². The summed E-state index contributed by atoms with van der Waals surface area (Å²) in [4.78, 5) is 24.3. The van der Waals surface area contributed by atoms with Crippen LogP contribution in [0.15, 0.2) is 18.2 Å². The molecule has 3 fully saturated rings. The smallest absolute Gasteiger partial charge is 0.251 e. The Balaban J connectivity index is 1.32. The van der Waals surface area contributed by atoms with E-state index in [2.05, 4.69) is 5.32 Å². The maximum Gasteiger partial charge on any atom is 0.251 e. The largest absolute Gasteiger partial charge is 0.490 e. The molecule has 1 N–H and O–H groups in total. The number of amides is 1. The molecule has 0 aromatic heterocycles. The molecule has 134 valence electrons. The van der Waals surface area contributed by atoms with Crippen LogP contribution in [0.2, 0.25) is 0 Å². The normalized spacial score (nSPS) is 29.0. The highest BCUT2D eigenvalue weighted by Gasteiger charge is 2.51. The molecule has 1 heterocycles. The highest BCUT2D eigenvalue weighted by Crippen LogP contribution is 2.58. The molecule has 0 radical (unpaired) electrons. The van der Waals surface area contributed by atoms with Crippen LogP contribution in [0.5, 0.6) is 5.75 Å². The molecule has 4 rings (SSSR count). The fourth-order valence-corrected chi connectivity index (χ4v) is 4.27. The zero-order valence-electron chi connectivity index (χ0n) is 14.6. The van der Waals surface area contributed by atoms with Crippen molar-refractivity contribution in [3.05, 3.63) is 29.3 Å². The van der Waals surface area contributed by atoms with Gasteiger partial charge in [-0.15, -0.1) is 0 Å². The van der Waals surface area contributed by atoms with Gasteiger partial charge in [0.2, 0.25) is 0 Å². The van der Waals surface area contributed by atoms with E-state index in [1.54, 1.807) is 18.2 Å². The standard InChI is InChI=1S/C20H25NO4/c1-12(22)18-9-13(5-6-19(18)25-11-14-10-24-14)20(23)21-8-7-17-15-3-2-4-16(15)17/h5-6,9,14-17H,2-4,7-8,10-11H2,1H3,(H,21,23). The van der Waals surface area contributed by atoms with Gasteiger partial charge in [-0.1, -0.05) is 6.42 Å². The fraction of sp³-hybridized carbons (Fsp3) is 0.600. The van der Waals surface area contributed by atoms with Gasteiger partial charge in [-0.05, 0) is 62.1 Å². The number of Topliss-reactive ketones (excluding diaryl/α,β-unsaturated/α-hetero) is 1. The molecule has 1 saturated heterocycles. The van der Waals surface area contributed by atoms with Crippen molar-refractivity contribution in [1.29, 1.82) is 0 Å². The Morgan fingerprint density at radius 2 is 2.04 bits per heavy atom. The van der Waals surface area contributed by atoms with Gasteiger partial charge in [0.1, 0.15) is 18.5 Å². The third-order valence-electron chi connectivity index (χ3n) is 5.80. The highest BCUT2D eigenvalue weighted by molar-refractivity contribution is 6.01. The number of hydrogen-bond acceptors (Lipinski definition) is 4. The van der Waals surface area contributed by atoms with E-state index in [1.165, 1.54) is 26.2 Å². The number of nitrogens with one attached hydrogen (secondary N) is 1. The summed E-state index contributed by atoms with van der Waals surface area (Å²) in [5, 5.41) is 2.99. The third-order valence-corrected chi connectivity index (χ3v) is 5.80. The summed E-state index contributed by atoms with van der Waals surface area (Å²) in [7, 11) is 0. The van der Waals surface area contributed by atoms with Crippen molar-refractivity contribution in [2.45, 2.75) is 38.7 Å². The molecule has 1 aliphatic heterocycles. The van der Waals surface area contributed by atoms with Gasteiger partial charge in [0.25, 0.3) is 5.91 Å². The van der Waals surface area contributed by atoms with Crippen LogP contribution in [0.4, 0.5) is 0 Å². The Kier molecular flexibility index (Phi) is 4.50. The van der Waals surface area contributed by atoms with E-state index in [-0.39, 0.29) is 17.8 Å². The van der Waals surface area contributed by atoms with Crippen molar-refractivity contribution in [2.24, 2.45) is 17.8 Å². The average molecular weight is 343 g/mol. The lowest BCUT2D eigenvalue weighted by Crippen LogP contribution is -2.25. The van der Waals surface area contributed by atoms with Crippen molar-refractivity contribution < 1.29 is 19.1 Å². The predicted molar refractivity (Wildman–Crippen MR) is 93.0 cm³/mol. The zero-order valence-corrected chi connectivity index (χ0v) is 14.6. The molecule has 1 aromatic rings. The molecule has 1 amide bonds. The second-order valence-corrected chi connectivity index (χ2v) is 7.50. The monoisotopic (exact) mass is 343 g/mol. The van der Waals surface area contributed by atoms with Crippen LogP contribution < -0.4 is 10.1 Å². The summed E-state index contributed by atoms with van der Waals surface area (Å²) < 4.78 is 10.8. The summed E-state index contributed by atoms with van der Waals surface area (Å²) in [6.07, 6.45) is 5.33. The first kappa shape index (κ1) is 16.6. The van der Waals surface area contributed by atoms with E-state index in [9.17, 15) is 9.59 Å². The minimum atomic E-state index is -0.120. The maximum atomic E-state index is 12.4. The van der Waals surface area contributed by atoms with Gasteiger partial charge >= 0.3 is 0 Å². The Hall–Kier alpha value is -1.88. The summed E-state index contributed by atoms with van der Waals surface area (Å²) in [6.45, 7) is 3.35. The molecule has 5 nitrogen and oxygen atoms in total. The highest BCUT2D eigenvalue weighted by atomic mass is 16.6. The number of ether oxygens (including phenoxy) is 2. The number of rotatable bonds is 8. The molecule has 3 atom stereocenters. The first-order chi connectivity index (χ1) is 12.1. The molecule has 0 spiro atoms. The van der Waals surface area contributed by atoms with Gasteiger partial charge in [0.15, 0.2) is 5.78 Å². The number of hydrogen-bond donors (Lipinski definition) is 1. The van der Waals surface area contributed by atoms with E-state index in [0.717, 1.165) is 24.2 Å². The predicted octanol–water partition coefficient (Wildman–Crippen LogP) is 2.83. The second-order valence-electron chi connectivity index (χ2n) is 7.50. The lowest BCUT2D eigenvalue weighted by Gasteiger charge is -2.11. The topological polar surface area (TPSA) is 67.9 Å². The third kappa shape index (κ3) is 3.71. The van der Waals surface area contributed by atoms with E-state index >= 15 is 0 Å². The molecule has 0 bridgehead atoms. The first-order valence-corrected chi connectivity index (χ1v) is 9.31. The van der Waals surface area contributed by atoms with Crippen LogP contribution in [-0.2, 0) is 4.74 Å². The van der Waals surface area contributed by atoms with Gasteiger partial charge in [0, 0.05) is 12.1 Å². The molecule has 25 heavy (non-hydrogen) atoms. The Morgan fingerprint density at radius 1 is 1.28 bits per heavy atom. The summed E-state index contributed by atoms with van der Waals surface area (Å²) in [5.41, 5.74) is 0.959. The molecule has 2 saturated carbocycles. The summed E-state index contributed by atoms with van der Waals surface area (Å²) in [5.74, 6) is 2.96. The summed E-state index contributed by atoms with van der Waals surface area (Å²) >= 11 is 0. The SMILES string of the molecule is CC(=O)c1cc(C(=O)NCCC2C3CCCC32)ccc1OCC1CO1. The van der Waals surface area contributed by atoms with Crippen LogP contribution in [0.3, 0.4) is 0 Å². The fourth-order valence-electron chi connectivity index (χ4n) is 4.27. The number of fused-ring (bicyclic) bond motifs is 1. The lowest BCUT2D eigenvalue weighted by atomic mass is 10.1.